The van der Waals surface area contributed by atoms with Crippen molar-refractivity contribution in [1.82, 2.24) is 19.5 Å². The molecule has 4 rings (SSSR count). The molecule has 6 nitrogen and oxygen atoms in total. The molecule has 4 aromatic rings. The summed E-state index contributed by atoms with van der Waals surface area (Å²) in [5.41, 5.74) is 1.88. The number of alkyl halides is 2. The molecule has 0 fully saturated rings. The lowest BCUT2D eigenvalue weighted by molar-refractivity contribution is -0.0521. The monoisotopic (exact) mass is 419 g/mol. The molecular weight excluding hydrogens is 407 g/mol. The van der Waals surface area contributed by atoms with Crippen LogP contribution in [-0.2, 0) is 0 Å². The van der Waals surface area contributed by atoms with Crippen molar-refractivity contribution in [2.45, 2.75) is 13.5 Å². The van der Waals surface area contributed by atoms with Gasteiger partial charge < -0.3 is 10.1 Å². The average Bonchev–Trinajstić information content (AvgIpc) is 2.99. The van der Waals surface area contributed by atoms with E-state index in [2.05, 4.69) is 25.0 Å². The van der Waals surface area contributed by atoms with Crippen molar-refractivity contribution in [3.63, 3.8) is 0 Å². The van der Waals surface area contributed by atoms with Crippen molar-refractivity contribution < 1.29 is 17.9 Å². The summed E-state index contributed by atoms with van der Waals surface area (Å²) in [6.45, 7) is -1.28. The van der Waals surface area contributed by atoms with Gasteiger partial charge in [0.05, 0.1) is 11.0 Å². The van der Waals surface area contributed by atoms with Gasteiger partial charge >= 0.3 is 6.61 Å². The molecule has 0 unspecified atom stereocenters. The van der Waals surface area contributed by atoms with E-state index in [1.807, 2.05) is 35.8 Å². The highest BCUT2D eigenvalue weighted by molar-refractivity contribution is 6.29. The van der Waals surface area contributed by atoms with Crippen LogP contribution in [0.4, 0.5) is 24.8 Å². The molecule has 0 atom stereocenters. The second-order valence-corrected chi connectivity index (χ2v) is 6.39. The van der Waals surface area contributed by atoms with Crippen LogP contribution >= 0.6 is 11.6 Å². The fourth-order valence-corrected chi connectivity index (χ4v) is 3.09. The number of fused-ring (bicyclic) bond motifs is 1. The predicted octanol–water partition coefficient (Wildman–Crippen LogP) is 5.26. The predicted molar refractivity (Wildman–Crippen MR) is 103 cm³/mol. The first-order chi connectivity index (χ1) is 13.9. The third-order valence-corrected chi connectivity index (χ3v) is 4.24. The van der Waals surface area contributed by atoms with Crippen LogP contribution in [-0.4, -0.2) is 26.1 Å². The number of hydrogen-bond acceptors (Lipinski definition) is 5. The van der Waals surface area contributed by atoms with Gasteiger partial charge in [-0.05, 0) is 31.2 Å². The Morgan fingerprint density at radius 2 is 1.86 bits per heavy atom. The van der Waals surface area contributed by atoms with Crippen LogP contribution in [0.15, 0.2) is 48.5 Å². The fourth-order valence-electron chi connectivity index (χ4n) is 2.91. The third-order valence-electron chi connectivity index (χ3n) is 4.04. The highest BCUT2D eigenvalue weighted by atomic mass is 35.5. The Morgan fingerprint density at radius 1 is 1.07 bits per heavy atom. The molecule has 0 saturated carbocycles. The molecule has 2 aromatic heterocycles. The van der Waals surface area contributed by atoms with Crippen LogP contribution in [0, 0.1) is 12.7 Å². The van der Waals surface area contributed by atoms with Crippen molar-refractivity contribution in [3.8, 4) is 11.6 Å². The van der Waals surface area contributed by atoms with E-state index in [4.69, 9.17) is 11.6 Å². The summed E-state index contributed by atoms with van der Waals surface area (Å²) in [7, 11) is 0. The van der Waals surface area contributed by atoms with E-state index in [9.17, 15) is 13.2 Å². The Bertz CT molecular complexity index is 1200. The summed E-state index contributed by atoms with van der Waals surface area (Å²) in [5, 5.41) is 2.97. The van der Waals surface area contributed by atoms with Crippen LogP contribution in [0.3, 0.4) is 0 Å². The molecule has 2 heterocycles. The Balaban J connectivity index is 1.69. The van der Waals surface area contributed by atoms with Gasteiger partial charge in [-0.25, -0.2) is 14.4 Å². The average molecular weight is 420 g/mol. The number of nitrogens with zero attached hydrogens (tertiary/aromatic N) is 4. The summed E-state index contributed by atoms with van der Waals surface area (Å²) >= 11 is 6.15. The van der Waals surface area contributed by atoms with Gasteiger partial charge in [-0.1, -0.05) is 23.7 Å². The number of para-hydroxylation sites is 2. The van der Waals surface area contributed by atoms with Gasteiger partial charge in [0.1, 0.15) is 16.8 Å². The molecule has 0 bridgehead atoms. The first-order valence-electron chi connectivity index (χ1n) is 8.41. The van der Waals surface area contributed by atoms with Crippen LogP contribution in [0.1, 0.15) is 5.82 Å². The Hall–Kier alpha value is -3.33. The zero-order valence-corrected chi connectivity index (χ0v) is 15.7. The number of aromatic nitrogens is 4. The number of rotatable bonds is 5. The first-order valence-corrected chi connectivity index (χ1v) is 8.79. The van der Waals surface area contributed by atoms with E-state index in [1.165, 1.54) is 6.07 Å². The molecular formula is C19H13ClF3N5O. The number of halogens is 4. The zero-order chi connectivity index (χ0) is 20.5. The van der Waals surface area contributed by atoms with Gasteiger partial charge in [-0.2, -0.15) is 13.8 Å². The summed E-state index contributed by atoms with van der Waals surface area (Å²) in [5.74, 6) is -0.234. The highest BCUT2D eigenvalue weighted by Crippen LogP contribution is 2.26. The van der Waals surface area contributed by atoms with Crippen molar-refractivity contribution in [1.29, 1.82) is 0 Å². The molecule has 1 N–H and O–H groups in total. The van der Waals surface area contributed by atoms with E-state index in [-0.39, 0.29) is 16.8 Å². The minimum atomic E-state index is -3.12. The Kier molecular flexibility index (Phi) is 4.98. The van der Waals surface area contributed by atoms with E-state index < -0.39 is 18.2 Å². The van der Waals surface area contributed by atoms with Crippen molar-refractivity contribution in [2.24, 2.45) is 0 Å². The second kappa shape index (κ2) is 7.59. The zero-order valence-electron chi connectivity index (χ0n) is 14.9. The van der Waals surface area contributed by atoms with Crippen LogP contribution in [0.25, 0.3) is 16.9 Å². The lowest BCUT2D eigenvalue weighted by Gasteiger charge is -2.11. The molecule has 0 spiro atoms. The SMILES string of the molecule is Cc1nc2ccccc2n1-c1cc(Cl)nc(Nc2ccc(OC(F)F)c(F)c2)n1. The summed E-state index contributed by atoms with van der Waals surface area (Å²) < 4.78 is 44.4. The lowest BCUT2D eigenvalue weighted by atomic mass is 10.3. The molecule has 0 amide bonds. The first kappa shape index (κ1) is 19.0. The number of nitrogens with one attached hydrogen (secondary N) is 1. The Morgan fingerprint density at radius 3 is 2.62 bits per heavy atom. The molecule has 0 aliphatic rings. The molecule has 0 aliphatic carbocycles. The maximum absolute atomic E-state index is 13.9. The fraction of sp³-hybridized carbons (Fsp3) is 0.105. The number of ether oxygens (including phenoxy) is 1. The maximum atomic E-state index is 13.9. The molecule has 0 aliphatic heterocycles. The van der Waals surface area contributed by atoms with Gasteiger partial charge in [0, 0.05) is 17.8 Å². The smallest absolute Gasteiger partial charge is 0.387 e. The number of hydrogen-bond donors (Lipinski definition) is 1. The van der Waals surface area contributed by atoms with Gasteiger partial charge in [0.25, 0.3) is 0 Å². The van der Waals surface area contributed by atoms with E-state index in [1.54, 1.807) is 6.07 Å². The van der Waals surface area contributed by atoms with Gasteiger partial charge in [-0.15, -0.1) is 0 Å². The van der Waals surface area contributed by atoms with E-state index in [0.717, 1.165) is 23.2 Å². The van der Waals surface area contributed by atoms with Gasteiger partial charge in [-0.3, -0.25) is 4.57 Å². The number of imidazole rings is 1. The van der Waals surface area contributed by atoms with E-state index >= 15 is 0 Å². The van der Waals surface area contributed by atoms with Gasteiger partial charge in [0.2, 0.25) is 5.95 Å². The molecule has 0 saturated heterocycles. The van der Waals surface area contributed by atoms with Crippen LogP contribution < -0.4 is 10.1 Å². The van der Waals surface area contributed by atoms with Crippen molar-refractivity contribution in [2.75, 3.05) is 5.32 Å². The van der Waals surface area contributed by atoms with E-state index in [0.29, 0.717) is 11.6 Å². The van der Waals surface area contributed by atoms with Crippen molar-refractivity contribution >= 4 is 34.3 Å². The lowest BCUT2D eigenvalue weighted by Crippen LogP contribution is -2.06. The molecule has 29 heavy (non-hydrogen) atoms. The van der Waals surface area contributed by atoms with Crippen LogP contribution in [0.5, 0.6) is 5.75 Å². The highest BCUT2D eigenvalue weighted by Gasteiger charge is 2.14. The molecule has 10 heteroatoms. The number of anilines is 2. The second-order valence-electron chi connectivity index (χ2n) is 6.00. The third kappa shape index (κ3) is 3.95. The topological polar surface area (TPSA) is 64.9 Å². The standard InChI is InChI=1S/C19H13ClF3N5O/c1-10-24-13-4-2-3-5-14(13)28(10)17-9-16(20)26-19(27-17)25-11-6-7-15(12(21)8-11)29-18(22)23/h2-9,18H,1H3,(H,25,26,27). The summed E-state index contributed by atoms with van der Waals surface area (Å²) in [4.78, 5) is 13.0. The molecule has 148 valence electrons. The molecule has 0 radical (unpaired) electrons. The maximum Gasteiger partial charge on any atom is 0.387 e. The number of benzene rings is 2. The summed E-state index contributed by atoms with van der Waals surface area (Å²) in [6, 6.07) is 12.6. The molecule has 2 aromatic carbocycles. The minimum Gasteiger partial charge on any atom is -0.432 e. The minimum absolute atomic E-state index is 0.103. The van der Waals surface area contributed by atoms with Crippen molar-refractivity contribution in [3.05, 3.63) is 65.3 Å². The largest absolute Gasteiger partial charge is 0.432 e. The number of aryl methyl sites for hydroxylation is 1. The normalized spacial score (nSPS) is 11.2. The Labute approximate surface area is 167 Å². The van der Waals surface area contributed by atoms with Crippen LogP contribution in [0.2, 0.25) is 5.15 Å². The quantitative estimate of drug-likeness (QED) is 0.447. The van der Waals surface area contributed by atoms with Gasteiger partial charge in [0.15, 0.2) is 11.6 Å². The summed E-state index contributed by atoms with van der Waals surface area (Å²) in [6.07, 6.45) is 0.